The quantitative estimate of drug-likeness (QED) is 0.519. The lowest BCUT2D eigenvalue weighted by atomic mass is 9.86. The molecule has 0 bridgehead atoms. The van der Waals surface area contributed by atoms with E-state index in [0.717, 1.165) is 23.5 Å². The Balaban J connectivity index is 1.85. The lowest BCUT2D eigenvalue weighted by Gasteiger charge is -2.19. The highest BCUT2D eigenvalue weighted by Gasteiger charge is 2.44. The van der Waals surface area contributed by atoms with Crippen LogP contribution in [0.15, 0.2) is 24.5 Å². The summed E-state index contributed by atoms with van der Waals surface area (Å²) in [5, 5.41) is 0. The molecule has 3 rings (SSSR count). The van der Waals surface area contributed by atoms with Gasteiger partial charge in [0.15, 0.2) is 17.4 Å². The van der Waals surface area contributed by atoms with Gasteiger partial charge in [-0.05, 0) is 42.7 Å². The van der Waals surface area contributed by atoms with E-state index in [9.17, 15) is 18.8 Å². The fourth-order valence-corrected chi connectivity index (χ4v) is 4.14. The molecule has 0 aliphatic heterocycles. The van der Waals surface area contributed by atoms with Gasteiger partial charge in [0.05, 0.1) is 25.5 Å². The number of terminal acetylenes is 2. The molecule has 7 heteroatoms. The van der Waals surface area contributed by atoms with Gasteiger partial charge in [-0.1, -0.05) is 11.8 Å². The van der Waals surface area contributed by atoms with Gasteiger partial charge < -0.3 is 4.90 Å². The first-order valence-corrected chi connectivity index (χ1v) is 10.1. The molecule has 2 unspecified atom stereocenters. The van der Waals surface area contributed by atoms with Crippen molar-refractivity contribution in [1.82, 2.24) is 14.9 Å². The van der Waals surface area contributed by atoms with E-state index in [1.807, 2.05) is 0 Å². The zero-order valence-corrected chi connectivity index (χ0v) is 17.9. The second kappa shape index (κ2) is 9.53. The Kier molecular flexibility index (Phi) is 6.80. The van der Waals surface area contributed by atoms with E-state index >= 15 is 0 Å². The lowest BCUT2D eigenvalue weighted by molar-refractivity contribution is -0.134. The van der Waals surface area contributed by atoms with Gasteiger partial charge in [0, 0.05) is 24.3 Å². The number of benzene rings is 1. The Labute approximate surface area is 186 Å². The molecule has 1 aliphatic rings. The maximum absolute atomic E-state index is 13.1. The first-order chi connectivity index (χ1) is 15.3. The molecule has 162 valence electrons. The standard InChI is InChI=1S/C25H22FN3O3/c1-5-7-29(8-6-2)21(31)12-17-11-20(30)23(24(17)32)22-15(3)9-18(10-16(22)4)25-27-13-19(26)14-28-25/h1-2,9-10,13-14,17,23H,7-8,11-12H2,3-4H3. The number of amides is 1. The normalized spacial score (nSPS) is 17.7. The number of hydrogen-bond donors (Lipinski definition) is 0. The average Bonchev–Trinajstić information content (AvgIpc) is 3.01. The number of hydrogen-bond acceptors (Lipinski definition) is 5. The molecule has 1 aromatic carbocycles. The van der Waals surface area contributed by atoms with Crippen molar-refractivity contribution < 1.29 is 18.8 Å². The van der Waals surface area contributed by atoms with Crippen molar-refractivity contribution >= 4 is 17.5 Å². The fourth-order valence-electron chi connectivity index (χ4n) is 4.14. The minimum Gasteiger partial charge on any atom is -0.320 e. The van der Waals surface area contributed by atoms with Crippen molar-refractivity contribution in [3.05, 3.63) is 47.0 Å². The monoisotopic (exact) mass is 431 g/mol. The van der Waals surface area contributed by atoms with Crippen molar-refractivity contribution in [3.63, 3.8) is 0 Å². The van der Waals surface area contributed by atoms with Crippen LogP contribution < -0.4 is 0 Å². The van der Waals surface area contributed by atoms with Gasteiger partial charge in [-0.2, -0.15) is 0 Å². The average molecular weight is 431 g/mol. The Morgan fingerprint density at radius 1 is 1.12 bits per heavy atom. The maximum Gasteiger partial charge on any atom is 0.224 e. The van der Waals surface area contributed by atoms with E-state index in [2.05, 4.69) is 21.8 Å². The molecule has 2 aromatic rings. The van der Waals surface area contributed by atoms with Crippen LogP contribution in [0.1, 0.15) is 35.4 Å². The molecule has 0 radical (unpaired) electrons. The highest BCUT2D eigenvalue weighted by atomic mass is 19.1. The highest BCUT2D eigenvalue weighted by Crippen LogP contribution is 2.38. The SMILES string of the molecule is C#CCN(CC#C)C(=O)CC1CC(=O)C(c2c(C)cc(-c3ncc(F)cn3)cc2C)C1=O. The minimum atomic E-state index is -0.926. The number of aryl methyl sites for hydroxylation is 2. The zero-order chi connectivity index (χ0) is 23.4. The van der Waals surface area contributed by atoms with Crippen molar-refractivity contribution in [1.29, 1.82) is 0 Å². The summed E-state index contributed by atoms with van der Waals surface area (Å²) in [5.41, 5.74) is 2.75. The molecular formula is C25H22FN3O3. The van der Waals surface area contributed by atoms with E-state index in [4.69, 9.17) is 12.8 Å². The van der Waals surface area contributed by atoms with Crippen molar-refractivity contribution in [2.45, 2.75) is 32.6 Å². The Morgan fingerprint density at radius 2 is 1.69 bits per heavy atom. The number of Topliss-reactive ketones (excluding diaryl/α,β-unsaturated/α-hetero) is 2. The second-order valence-corrected chi connectivity index (χ2v) is 7.81. The summed E-state index contributed by atoms with van der Waals surface area (Å²) in [5.74, 6) is 2.09. The van der Waals surface area contributed by atoms with Gasteiger partial charge in [0.25, 0.3) is 0 Å². The molecule has 0 spiro atoms. The zero-order valence-electron chi connectivity index (χ0n) is 17.9. The lowest BCUT2D eigenvalue weighted by Crippen LogP contribution is -2.34. The molecule has 2 atom stereocenters. The van der Waals surface area contributed by atoms with Gasteiger partial charge in [-0.15, -0.1) is 12.8 Å². The molecule has 6 nitrogen and oxygen atoms in total. The second-order valence-electron chi connectivity index (χ2n) is 7.81. The minimum absolute atomic E-state index is 0.00308. The molecule has 1 saturated carbocycles. The summed E-state index contributed by atoms with van der Waals surface area (Å²) in [7, 11) is 0. The van der Waals surface area contributed by atoms with Gasteiger partial charge in [0.1, 0.15) is 11.7 Å². The third-order valence-electron chi connectivity index (χ3n) is 5.56. The van der Waals surface area contributed by atoms with E-state index in [-0.39, 0.29) is 43.4 Å². The predicted molar refractivity (Wildman–Crippen MR) is 117 cm³/mol. The summed E-state index contributed by atoms with van der Waals surface area (Å²) in [6.07, 6.45) is 12.6. The molecule has 1 fully saturated rings. The molecule has 32 heavy (non-hydrogen) atoms. The third-order valence-corrected chi connectivity index (χ3v) is 5.56. The van der Waals surface area contributed by atoms with E-state index in [1.54, 1.807) is 26.0 Å². The molecule has 0 saturated heterocycles. The Morgan fingerprint density at radius 3 is 2.22 bits per heavy atom. The molecule has 1 heterocycles. The maximum atomic E-state index is 13.1. The van der Waals surface area contributed by atoms with Crippen LogP contribution in [0.25, 0.3) is 11.4 Å². The molecular weight excluding hydrogens is 409 g/mol. The summed E-state index contributed by atoms with van der Waals surface area (Å²) < 4.78 is 13.1. The van der Waals surface area contributed by atoms with Gasteiger partial charge >= 0.3 is 0 Å². The van der Waals surface area contributed by atoms with Crippen molar-refractivity contribution in [2.75, 3.05) is 13.1 Å². The smallest absolute Gasteiger partial charge is 0.224 e. The summed E-state index contributed by atoms with van der Waals surface area (Å²) in [6, 6.07) is 3.55. The Bertz CT molecular complexity index is 1120. The molecule has 1 aliphatic carbocycles. The largest absolute Gasteiger partial charge is 0.320 e. The molecule has 1 aromatic heterocycles. The fraction of sp³-hybridized carbons (Fsp3) is 0.320. The van der Waals surface area contributed by atoms with Crippen LogP contribution in [-0.2, 0) is 14.4 Å². The van der Waals surface area contributed by atoms with Crippen LogP contribution in [0.4, 0.5) is 4.39 Å². The number of nitrogens with zero attached hydrogens (tertiary/aromatic N) is 3. The Hall–Kier alpha value is -3.84. The third kappa shape index (κ3) is 4.58. The first kappa shape index (κ1) is 22.8. The van der Waals surface area contributed by atoms with E-state index in [0.29, 0.717) is 17.0 Å². The van der Waals surface area contributed by atoms with Crippen LogP contribution in [0, 0.1) is 50.3 Å². The molecule has 0 N–H and O–H groups in total. The summed E-state index contributed by atoms with van der Waals surface area (Å²) in [6.45, 7) is 3.70. The number of ketones is 2. The van der Waals surface area contributed by atoms with Crippen LogP contribution in [0.3, 0.4) is 0 Å². The number of rotatable bonds is 6. The highest BCUT2D eigenvalue weighted by molar-refractivity contribution is 6.15. The van der Waals surface area contributed by atoms with Gasteiger partial charge in [-0.25, -0.2) is 14.4 Å². The predicted octanol–water partition coefficient (Wildman–Crippen LogP) is 2.63. The summed E-state index contributed by atoms with van der Waals surface area (Å²) in [4.78, 5) is 47.8. The number of carbonyl (C=O) groups is 3. The summed E-state index contributed by atoms with van der Waals surface area (Å²) >= 11 is 0. The van der Waals surface area contributed by atoms with Crippen LogP contribution in [-0.4, -0.2) is 45.4 Å². The van der Waals surface area contributed by atoms with Crippen molar-refractivity contribution in [3.8, 4) is 36.1 Å². The van der Waals surface area contributed by atoms with Crippen LogP contribution in [0.5, 0.6) is 0 Å². The van der Waals surface area contributed by atoms with Gasteiger partial charge in [0.2, 0.25) is 5.91 Å². The number of aromatic nitrogens is 2. The van der Waals surface area contributed by atoms with Crippen LogP contribution >= 0.6 is 0 Å². The van der Waals surface area contributed by atoms with E-state index in [1.165, 1.54) is 4.90 Å². The molecule has 1 amide bonds. The van der Waals surface area contributed by atoms with Crippen LogP contribution in [0.2, 0.25) is 0 Å². The van der Waals surface area contributed by atoms with Gasteiger partial charge in [-0.3, -0.25) is 14.4 Å². The topological polar surface area (TPSA) is 80.2 Å². The first-order valence-electron chi connectivity index (χ1n) is 10.1. The number of carbonyl (C=O) groups excluding carboxylic acids is 3. The number of halogens is 1. The van der Waals surface area contributed by atoms with E-state index < -0.39 is 17.7 Å². The van der Waals surface area contributed by atoms with Crippen molar-refractivity contribution in [2.24, 2.45) is 5.92 Å².